The van der Waals surface area contributed by atoms with E-state index < -0.39 is 5.97 Å². The zero-order chi connectivity index (χ0) is 26.5. The molecule has 0 saturated carbocycles. The Morgan fingerprint density at radius 2 is 1.14 bits per heavy atom. The third-order valence-corrected chi connectivity index (χ3v) is 4.99. The Bertz CT molecular complexity index is 1250. The number of esters is 1. The van der Waals surface area contributed by atoms with Gasteiger partial charge in [-0.25, -0.2) is 4.79 Å². The van der Waals surface area contributed by atoms with Gasteiger partial charge in [0.1, 0.15) is 5.75 Å². The first-order valence-electron chi connectivity index (χ1n) is 11.8. The molecule has 0 atom stereocenters. The van der Waals surface area contributed by atoms with Crippen LogP contribution in [0.3, 0.4) is 0 Å². The van der Waals surface area contributed by atoms with Crippen molar-refractivity contribution in [2.75, 3.05) is 0 Å². The normalized spacial score (nSPS) is 10.6. The molecule has 36 heavy (non-hydrogen) atoms. The number of Topliss-reactive ketones (excluding diaryl/α,β-unsaturated/α-hetero) is 1. The van der Waals surface area contributed by atoms with E-state index in [0.717, 1.165) is 11.1 Å². The summed E-state index contributed by atoms with van der Waals surface area (Å²) in [6.45, 7) is 7.28. The van der Waals surface area contributed by atoms with Gasteiger partial charge in [0, 0.05) is 17.5 Å². The van der Waals surface area contributed by atoms with Gasteiger partial charge < -0.3 is 4.74 Å². The summed E-state index contributed by atoms with van der Waals surface area (Å²) in [6, 6.07) is 20.1. The van der Waals surface area contributed by atoms with Crippen LogP contribution < -0.4 is 4.74 Å². The Hall–Kier alpha value is -4.38. The maximum Gasteiger partial charge on any atom is 0.343 e. The minimum Gasteiger partial charge on any atom is -0.423 e. The fraction of sp³-hybridized carbons (Fsp3) is 0.161. The molecule has 0 bridgehead atoms. The first-order valence-corrected chi connectivity index (χ1v) is 11.8. The maximum absolute atomic E-state index is 12.4. The number of allylic oxidation sites excluding steroid dienone is 2. The van der Waals surface area contributed by atoms with Gasteiger partial charge in [0.15, 0.2) is 17.3 Å². The number of carbonyl (C=O) groups excluding carboxylic acids is 4. The van der Waals surface area contributed by atoms with Crippen LogP contribution in [0.4, 0.5) is 0 Å². The summed E-state index contributed by atoms with van der Waals surface area (Å²) in [5.74, 6) is -0.375. The van der Waals surface area contributed by atoms with Crippen LogP contribution in [-0.2, 0) is 4.79 Å². The molecule has 3 rings (SSSR count). The molecular formula is C31H30O5. The van der Waals surface area contributed by atoms with Gasteiger partial charge in [-0.15, -0.1) is 0 Å². The van der Waals surface area contributed by atoms with Gasteiger partial charge >= 0.3 is 5.97 Å². The number of carbonyl (C=O) groups is 4. The molecule has 0 aliphatic rings. The van der Waals surface area contributed by atoms with Crippen molar-refractivity contribution in [3.63, 3.8) is 0 Å². The van der Waals surface area contributed by atoms with Crippen LogP contribution in [0.5, 0.6) is 5.75 Å². The summed E-state index contributed by atoms with van der Waals surface area (Å²) in [7, 11) is 0. The monoisotopic (exact) mass is 482 g/mol. The molecule has 0 heterocycles. The number of ketones is 3. The van der Waals surface area contributed by atoms with Crippen molar-refractivity contribution in [3.05, 3.63) is 113 Å². The molecule has 0 fully saturated rings. The molecular weight excluding hydrogens is 452 g/mol. The highest BCUT2D eigenvalue weighted by Gasteiger charge is 2.09. The van der Waals surface area contributed by atoms with E-state index in [2.05, 4.69) is 0 Å². The van der Waals surface area contributed by atoms with E-state index in [1.807, 2.05) is 20.8 Å². The second kappa shape index (κ2) is 14.1. The van der Waals surface area contributed by atoms with Gasteiger partial charge in [-0.2, -0.15) is 0 Å². The van der Waals surface area contributed by atoms with E-state index in [-0.39, 0.29) is 17.3 Å². The molecule has 3 aromatic carbocycles. The van der Waals surface area contributed by atoms with Gasteiger partial charge in [-0.1, -0.05) is 69.3 Å². The molecule has 0 aliphatic carbocycles. The summed E-state index contributed by atoms with van der Waals surface area (Å²) < 4.78 is 5.37. The van der Waals surface area contributed by atoms with Gasteiger partial charge in [0.05, 0.1) is 5.56 Å². The molecule has 5 heteroatoms. The second-order valence-corrected chi connectivity index (χ2v) is 7.58. The van der Waals surface area contributed by atoms with Crippen molar-refractivity contribution in [2.24, 2.45) is 0 Å². The molecule has 5 nitrogen and oxygen atoms in total. The van der Waals surface area contributed by atoms with Gasteiger partial charge in [0.2, 0.25) is 0 Å². The van der Waals surface area contributed by atoms with Crippen molar-refractivity contribution in [1.29, 1.82) is 0 Å². The molecule has 0 aromatic heterocycles. The molecule has 0 N–H and O–H groups in total. The van der Waals surface area contributed by atoms with E-state index in [4.69, 9.17) is 4.74 Å². The first kappa shape index (κ1) is 27.9. The number of ether oxygens (including phenoxy) is 1. The predicted molar refractivity (Wildman–Crippen MR) is 143 cm³/mol. The topological polar surface area (TPSA) is 77.5 Å². The second-order valence-electron chi connectivity index (χ2n) is 7.58. The molecule has 184 valence electrons. The fourth-order valence-corrected chi connectivity index (χ4v) is 3.05. The smallest absolute Gasteiger partial charge is 0.343 e. The summed E-state index contributed by atoms with van der Waals surface area (Å²) in [5.41, 5.74) is 3.09. The molecule has 0 aliphatic heterocycles. The van der Waals surface area contributed by atoms with Crippen molar-refractivity contribution in [3.8, 4) is 5.75 Å². The Morgan fingerprint density at radius 1 is 0.667 bits per heavy atom. The summed E-state index contributed by atoms with van der Waals surface area (Å²) in [6.07, 6.45) is 6.72. The van der Waals surface area contributed by atoms with E-state index >= 15 is 0 Å². The lowest BCUT2D eigenvalue weighted by Gasteiger charge is -2.05. The lowest BCUT2D eigenvalue weighted by Crippen LogP contribution is -2.08. The third kappa shape index (κ3) is 8.44. The highest BCUT2D eigenvalue weighted by Crippen LogP contribution is 2.16. The van der Waals surface area contributed by atoms with Crippen LogP contribution in [-0.4, -0.2) is 23.3 Å². The first-order chi connectivity index (χ1) is 17.4. The zero-order valence-electron chi connectivity index (χ0n) is 21.0. The van der Waals surface area contributed by atoms with Gasteiger partial charge in [0.25, 0.3) is 0 Å². The van der Waals surface area contributed by atoms with Crippen molar-refractivity contribution in [2.45, 2.75) is 34.1 Å². The number of hydrogen-bond acceptors (Lipinski definition) is 5. The van der Waals surface area contributed by atoms with E-state index in [1.165, 1.54) is 19.1 Å². The predicted octanol–water partition coefficient (Wildman–Crippen LogP) is 7.02. The van der Waals surface area contributed by atoms with Crippen LogP contribution in [0.1, 0.15) is 76.3 Å². The molecule has 3 aromatic rings. The number of benzene rings is 3. The Balaban J connectivity index is 0.00000222. The standard InChI is InChI=1S/C29H24O5.C2H6/c1-3-27(31)23-11-6-22(7-12-23)10-19-28(32)24-15-17-26(18-16-24)34-29(33)25-13-8-21(9-14-25)5-4-20(2)30;1-2/h4-19H,3H2,1-2H3;1-2H3. The quantitative estimate of drug-likeness (QED) is 0.142. The summed E-state index contributed by atoms with van der Waals surface area (Å²) in [4.78, 5) is 47.5. The molecule has 0 radical (unpaired) electrons. The van der Waals surface area contributed by atoms with Crippen molar-refractivity contribution >= 4 is 35.5 Å². The van der Waals surface area contributed by atoms with E-state index in [1.54, 1.807) is 84.9 Å². The van der Waals surface area contributed by atoms with Crippen LogP contribution in [0, 0.1) is 0 Å². The minimum atomic E-state index is -0.522. The average Bonchev–Trinajstić information content (AvgIpc) is 2.92. The van der Waals surface area contributed by atoms with E-state index in [9.17, 15) is 19.2 Å². The SMILES string of the molecule is CC.CCC(=O)c1ccc(C=CC(=O)c2ccc(OC(=O)c3ccc(C=CC(C)=O)cc3)cc2)cc1. The largest absolute Gasteiger partial charge is 0.423 e. The Kier molecular flexibility index (Phi) is 10.9. The zero-order valence-corrected chi connectivity index (χ0v) is 21.0. The van der Waals surface area contributed by atoms with Crippen LogP contribution in [0.15, 0.2) is 84.9 Å². The lowest BCUT2D eigenvalue weighted by atomic mass is 10.1. The van der Waals surface area contributed by atoms with Crippen molar-refractivity contribution < 1.29 is 23.9 Å². The van der Waals surface area contributed by atoms with Crippen molar-refractivity contribution in [1.82, 2.24) is 0 Å². The highest BCUT2D eigenvalue weighted by molar-refractivity contribution is 6.07. The highest BCUT2D eigenvalue weighted by atomic mass is 16.5. The molecule has 0 spiro atoms. The molecule has 0 amide bonds. The van der Waals surface area contributed by atoms with E-state index in [0.29, 0.717) is 28.9 Å². The number of rotatable bonds is 9. The Morgan fingerprint density at radius 3 is 1.64 bits per heavy atom. The minimum absolute atomic E-state index is 0.0559. The maximum atomic E-state index is 12.4. The number of hydrogen-bond donors (Lipinski definition) is 0. The molecule has 0 unspecified atom stereocenters. The summed E-state index contributed by atoms with van der Waals surface area (Å²) >= 11 is 0. The van der Waals surface area contributed by atoms with Crippen LogP contribution in [0.25, 0.3) is 12.2 Å². The van der Waals surface area contributed by atoms with Crippen LogP contribution >= 0.6 is 0 Å². The fourth-order valence-electron chi connectivity index (χ4n) is 3.05. The van der Waals surface area contributed by atoms with Gasteiger partial charge in [-0.3, -0.25) is 14.4 Å². The van der Waals surface area contributed by atoms with Crippen LogP contribution in [0.2, 0.25) is 0 Å². The lowest BCUT2D eigenvalue weighted by molar-refractivity contribution is -0.112. The van der Waals surface area contributed by atoms with Gasteiger partial charge in [-0.05, 0) is 66.6 Å². The Labute approximate surface area is 212 Å². The average molecular weight is 483 g/mol. The summed E-state index contributed by atoms with van der Waals surface area (Å²) in [5, 5.41) is 0. The third-order valence-electron chi connectivity index (χ3n) is 4.99. The molecule has 0 saturated heterocycles.